The number of nitrogens with zero attached hydrogens (tertiary/aromatic N) is 2. The van der Waals surface area contributed by atoms with Gasteiger partial charge in [0.25, 0.3) is 10.1 Å². The number of fused-ring (bicyclic) bond motifs is 2. The van der Waals surface area contributed by atoms with Crippen LogP contribution in [0.25, 0.3) is 17.0 Å². The Bertz CT molecular complexity index is 1750. The lowest BCUT2D eigenvalue weighted by Crippen LogP contribution is -2.28. The summed E-state index contributed by atoms with van der Waals surface area (Å²) in [5, 5.41) is 11.7. The van der Waals surface area contributed by atoms with Crippen LogP contribution in [0.2, 0.25) is 0 Å². The van der Waals surface area contributed by atoms with Crippen molar-refractivity contribution in [2.45, 2.75) is 109 Å². The highest BCUT2D eigenvalue weighted by molar-refractivity contribution is 7.85. The summed E-state index contributed by atoms with van der Waals surface area (Å²) in [7, 11) is -4.38. The van der Waals surface area contributed by atoms with E-state index in [0.29, 0.717) is 17.5 Å². The van der Waals surface area contributed by atoms with E-state index in [1.807, 2.05) is 26.0 Å². The van der Waals surface area contributed by atoms with Gasteiger partial charge in [0, 0.05) is 49.0 Å². The van der Waals surface area contributed by atoms with Crippen molar-refractivity contribution in [2.75, 3.05) is 24.5 Å². The van der Waals surface area contributed by atoms with Crippen molar-refractivity contribution < 1.29 is 27.1 Å². The molecule has 250 valence electrons. The highest BCUT2D eigenvalue weighted by Gasteiger charge is 2.44. The van der Waals surface area contributed by atoms with Crippen molar-refractivity contribution in [3.8, 4) is 5.75 Å². The molecule has 0 unspecified atom stereocenters. The molecule has 1 aromatic heterocycles. The van der Waals surface area contributed by atoms with Gasteiger partial charge < -0.3 is 14.4 Å². The second-order valence-electron chi connectivity index (χ2n) is 12.8. The Hall–Kier alpha value is -3.43. The number of unbranched alkanes of at least 4 members (excludes halogenated alkanes) is 9. The maximum Gasteiger partial charge on any atom is 0.347 e. The first-order chi connectivity index (χ1) is 21.9. The van der Waals surface area contributed by atoms with Gasteiger partial charge in [-0.2, -0.15) is 13.0 Å². The van der Waals surface area contributed by atoms with Crippen molar-refractivity contribution >= 4 is 44.2 Å². The summed E-state index contributed by atoms with van der Waals surface area (Å²) in [5.41, 5.74) is 2.51. The predicted molar refractivity (Wildman–Crippen MR) is 188 cm³/mol. The number of aromatic hydroxyl groups is 1. The lowest BCUT2D eigenvalue weighted by atomic mass is 9.81. The largest absolute Gasteiger partial charge is 0.506 e. The van der Waals surface area contributed by atoms with Gasteiger partial charge in [0.1, 0.15) is 23.4 Å². The van der Waals surface area contributed by atoms with Gasteiger partial charge in [-0.05, 0) is 64.5 Å². The van der Waals surface area contributed by atoms with Crippen LogP contribution in [0.4, 0.5) is 11.4 Å². The third kappa shape index (κ3) is 7.92. The fourth-order valence-electron chi connectivity index (χ4n) is 6.60. The van der Waals surface area contributed by atoms with Crippen LogP contribution in [0.15, 0.2) is 56.6 Å². The average molecular weight is 652 g/mol. The number of benzene rings is 2. The lowest BCUT2D eigenvalue weighted by Gasteiger charge is -2.21. The minimum absolute atomic E-state index is 0.0554. The molecule has 3 aromatic rings. The van der Waals surface area contributed by atoms with E-state index < -0.39 is 21.2 Å². The summed E-state index contributed by atoms with van der Waals surface area (Å²) in [6, 6.07) is 10.2. The van der Waals surface area contributed by atoms with Crippen LogP contribution in [0.5, 0.6) is 5.75 Å². The molecule has 4 rings (SSSR count). The zero-order valence-corrected chi connectivity index (χ0v) is 29.0. The van der Waals surface area contributed by atoms with E-state index in [-0.39, 0.29) is 16.2 Å². The molecule has 8 nitrogen and oxygen atoms in total. The first kappa shape index (κ1) is 35.4. The molecule has 2 heterocycles. The summed E-state index contributed by atoms with van der Waals surface area (Å²) < 4.78 is 41.6. The zero-order valence-electron chi connectivity index (χ0n) is 28.1. The first-order valence-corrected chi connectivity index (χ1v) is 18.4. The van der Waals surface area contributed by atoms with Crippen LogP contribution in [0, 0.1) is 0 Å². The van der Waals surface area contributed by atoms with Crippen molar-refractivity contribution in [3.05, 3.63) is 64.0 Å². The maximum absolute atomic E-state index is 13.2. The van der Waals surface area contributed by atoms with Gasteiger partial charge in [-0.3, -0.25) is 4.55 Å². The van der Waals surface area contributed by atoms with Crippen LogP contribution in [0.3, 0.4) is 0 Å². The lowest BCUT2D eigenvalue weighted by molar-refractivity contribution is -0.438. The van der Waals surface area contributed by atoms with Crippen LogP contribution >= 0.6 is 0 Å². The van der Waals surface area contributed by atoms with Gasteiger partial charge in [0.05, 0.1) is 15.7 Å². The molecule has 46 heavy (non-hydrogen) atoms. The molecule has 2 aromatic carbocycles. The SMILES string of the molecule is CCCCCCCCCCCC[N+]1=C(/C=C/c2c(O)c3ccc(N(CC)CC)cc3oc2=O)C(C)(C)c2cc(S(=O)(=O)O)ccc21. The summed E-state index contributed by atoms with van der Waals surface area (Å²) >= 11 is 0. The Morgan fingerprint density at radius 1 is 0.870 bits per heavy atom. The molecule has 0 amide bonds. The molecule has 0 bridgehead atoms. The highest BCUT2D eigenvalue weighted by atomic mass is 32.2. The topological polar surface area (TPSA) is 111 Å². The standard InChI is InChI=1S/C37H50N2O6S/c1-6-9-10-11-12-13-14-15-16-17-24-39-32-22-19-28(46(42,43)44)26-31(32)37(4,5)34(39)23-21-30-35(40)29-20-18-27(38(7-2)8-3)25-33(29)45-36(30)41/h18-23,25-26H,6-17,24H2,1-5H3,(H,42,43,44)/p+1. The van der Waals surface area contributed by atoms with Gasteiger partial charge in [0.15, 0.2) is 5.71 Å². The fraction of sp³-hybridized carbons (Fsp3) is 0.514. The van der Waals surface area contributed by atoms with Crippen molar-refractivity contribution in [1.29, 1.82) is 0 Å². The Morgan fingerprint density at radius 3 is 2.11 bits per heavy atom. The molecule has 0 fully saturated rings. The number of rotatable bonds is 17. The monoisotopic (exact) mass is 651 g/mol. The van der Waals surface area contributed by atoms with E-state index in [1.54, 1.807) is 24.3 Å². The number of hydrogen-bond acceptors (Lipinski definition) is 6. The van der Waals surface area contributed by atoms with E-state index in [9.17, 15) is 22.9 Å². The molecule has 0 spiro atoms. The molecule has 2 N–H and O–H groups in total. The van der Waals surface area contributed by atoms with Gasteiger partial charge >= 0.3 is 5.63 Å². The molecule has 0 aliphatic carbocycles. The summed E-state index contributed by atoms with van der Waals surface area (Å²) in [6.07, 6.45) is 15.6. The number of hydrogen-bond donors (Lipinski definition) is 2. The molecule has 0 saturated heterocycles. The first-order valence-electron chi connectivity index (χ1n) is 16.9. The van der Waals surface area contributed by atoms with E-state index in [1.165, 1.54) is 57.1 Å². The van der Waals surface area contributed by atoms with E-state index in [0.717, 1.165) is 55.0 Å². The normalized spacial score (nSPS) is 14.5. The Balaban J connectivity index is 1.63. The van der Waals surface area contributed by atoms with Crippen molar-refractivity contribution in [1.82, 2.24) is 0 Å². The molecule has 0 radical (unpaired) electrons. The molecule has 0 saturated carbocycles. The van der Waals surface area contributed by atoms with Crippen LogP contribution < -0.4 is 10.5 Å². The molecule has 1 aliphatic heterocycles. The number of anilines is 1. The summed E-state index contributed by atoms with van der Waals surface area (Å²) in [4.78, 5) is 15.1. The molecular formula is C37H51N2O6S+. The fourth-order valence-corrected chi connectivity index (χ4v) is 7.10. The third-order valence-electron chi connectivity index (χ3n) is 9.33. The van der Waals surface area contributed by atoms with E-state index >= 15 is 0 Å². The highest BCUT2D eigenvalue weighted by Crippen LogP contribution is 2.42. The summed E-state index contributed by atoms with van der Waals surface area (Å²) in [6.45, 7) is 12.7. The van der Waals surface area contributed by atoms with Crippen molar-refractivity contribution in [2.24, 2.45) is 0 Å². The Labute approximate surface area is 274 Å². The molecule has 0 atom stereocenters. The van der Waals surface area contributed by atoms with Gasteiger partial charge in [-0.15, -0.1) is 0 Å². The van der Waals surface area contributed by atoms with Crippen molar-refractivity contribution in [3.63, 3.8) is 0 Å². The second kappa shape index (κ2) is 15.4. The minimum atomic E-state index is -4.38. The zero-order chi connectivity index (χ0) is 33.5. The van der Waals surface area contributed by atoms with Crippen LogP contribution in [-0.4, -0.2) is 48.0 Å². The minimum Gasteiger partial charge on any atom is -0.506 e. The van der Waals surface area contributed by atoms with E-state index in [2.05, 4.69) is 30.2 Å². The molecule has 1 aliphatic rings. The maximum atomic E-state index is 13.2. The Kier molecular flexibility index (Phi) is 11.9. The molecular weight excluding hydrogens is 600 g/mol. The number of allylic oxidation sites excluding steroid dienone is 1. The summed E-state index contributed by atoms with van der Waals surface area (Å²) in [5.74, 6) is -0.141. The Morgan fingerprint density at radius 2 is 1.50 bits per heavy atom. The van der Waals surface area contributed by atoms with Gasteiger partial charge in [0.2, 0.25) is 5.69 Å². The smallest absolute Gasteiger partial charge is 0.347 e. The van der Waals surface area contributed by atoms with Gasteiger partial charge in [-0.25, -0.2) is 4.79 Å². The third-order valence-corrected chi connectivity index (χ3v) is 10.2. The second-order valence-corrected chi connectivity index (χ2v) is 14.3. The quantitative estimate of drug-likeness (QED) is 0.0651. The molecule has 9 heteroatoms. The van der Waals surface area contributed by atoms with Gasteiger partial charge in [-0.1, -0.05) is 58.3 Å². The van der Waals surface area contributed by atoms with Crippen LogP contribution in [-0.2, 0) is 15.5 Å². The van der Waals surface area contributed by atoms with Crippen LogP contribution in [0.1, 0.15) is 110 Å². The van der Waals surface area contributed by atoms with E-state index in [4.69, 9.17) is 4.42 Å². The predicted octanol–water partition coefficient (Wildman–Crippen LogP) is 8.60. The average Bonchev–Trinajstić information content (AvgIpc) is 3.22.